The molecule has 0 atom stereocenters. The fraction of sp³-hybridized carbons (Fsp3) is 0.467. The van der Waals surface area contributed by atoms with E-state index in [0.29, 0.717) is 15.2 Å². The van der Waals surface area contributed by atoms with Gasteiger partial charge in [-0.3, -0.25) is 9.59 Å². The van der Waals surface area contributed by atoms with Crippen molar-refractivity contribution in [3.8, 4) is 5.75 Å². The second-order valence-electron chi connectivity index (χ2n) is 5.91. The summed E-state index contributed by atoms with van der Waals surface area (Å²) in [6.07, 6.45) is 0. The van der Waals surface area contributed by atoms with Gasteiger partial charge in [0.1, 0.15) is 5.75 Å². The molecule has 0 aliphatic carbocycles. The van der Waals surface area contributed by atoms with Gasteiger partial charge in [-0.2, -0.15) is 0 Å². The third kappa shape index (κ3) is 6.66. The molecule has 1 N–H and O–H groups in total. The molecule has 22 heavy (non-hydrogen) atoms. The predicted octanol–water partition coefficient (Wildman–Crippen LogP) is 2.85. The van der Waals surface area contributed by atoms with E-state index in [1.807, 2.05) is 20.8 Å². The number of hydrogen-bond acceptors (Lipinski definition) is 3. The maximum absolute atomic E-state index is 12.0. The molecule has 0 fully saturated rings. The Labute approximate surface area is 144 Å². The van der Waals surface area contributed by atoms with E-state index in [9.17, 15) is 9.59 Å². The lowest BCUT2D eigenvalue weighted by molar-refractivity contribution is -0.136. The number of ether oxygens (including phenoxy) is 1. The van der Waals surface area contributed by atoms with E-state index >= 15 is 0 Å². The third-order valence-corrected chi connectivity index (χ3v) is 3.42. The van der Waals surface area contributed by atoms with Crippen molar-refractivity contribution in [2.45, 2.75) is 26.3 Å². The van der Waals surface area contributed by atoms with Crippen molar-refractivity contribution in [3.63, 3.8) is 0 Å². The molecular formula is C15H20BrClN2O3. The maximum atomic E-state index is 12.0. The SMILES string of the molecule is CN(CC(=O)NC(C)(C)C)C(=O)COc1ccc(Cl)cc1Br. The normalized spacial score (nSPS) is 11.0. The van der Waals surface area contributed by atoms with Crippen LogP contribution in [-0.2, 0) is 9.59 Å². The zero-order chi connectivity index (χ0) is 16.9. The Bertz CT molecular complexity index is 558. The molecule has 1 aromatic rings. The Balaban J connectivity index is 2.49. The first-order valence-corrected chi connectivity index (χ1v) is 7.88. The van der Waals surface area contributed by atoms with E-state index in [1.165, 1.54) is 4.90 Å². The van der Waals surface area contributed by atoms with Crippen LogP contribution < -0.4 is 10.1 Å². The van der Waals surface area contributed by atoms with Gasteiger partial charge in [0.2, 0.25) is 5.91 Å². The Hall–Kier alpha value is -1.27. The van der Waals surface area contributed by atoms with Crippen molar-refractivity contribution in [2.24, 2.45) is 0 Å². The fourth-order valence-electron chi connectivity index (χ4n) is 1.60. The fourth-order valence-corrected chi connectivity index (χ4v) is 2.40. The minimum atomic E-state index is -0.328. The average Bonchev–Trinajstić information content (AvgIpc) is 2.34. The number of halogens is 2. The van der Waals surface area contributed by atoms with Crippen LogP contribution in [-0.4, -0.2) is 42.5 Å². The van der Waals surface area contributed by atoms with Gasteiger partial charge in [0.05, 0.1) is 11.0 Å². The first-order chi connectivity index (χ1) is 10.1. The van der Waals surface area contributed by atoms with Crippen molar-refractivity contribution in [2.75, 3.05) is 20.2 Å². The van der Waals surface area contributed by atoms with Crippen LogP contribution in [0.3, 0.4) is 0 Å². The Morgan fingerprint density at radius 3 is 2.55 bits per heavy atom. The summed E-state index contributed by atoms with van der Waals surface area (Å²) < 4.78 is 6.10. The van der Waals surface area contributed by atoms with Gasteiger partial charge < -0.3 is 15.0 Å². The standard InChI is InChI=1S/C15H20BrClN2O3/c1-15(2,3)18-13(20)8-19(4)14(21)9-22-12-6-5-10(17)7-11(12)16/h5-7H,8-9H2,1-4H3,(H,18,20). The molecule has 0 aliphatic rings. The van der Waals surface area contributed by atoms with E-state index in [4.69, 9.17) is 16.3 Å². The molecule has 0 aromatic heterocycles. The van der Waals surface area contributed by atoms with Crippen LogP contribution in [0, 0.1) is 0 Å². The minimum absolute atomic E-state index is 0.0126. The topological polar surface area (TPSA) is 58.6 Å². The monoisotopic (exact) mass is 390 g/mol. The zero-order valence-corrected chi connectivity index (χ0v) is 15.4. The average molecular weight is 392 g/mol. The number of nitrogens with zero attached hydrogens (tertiary/aromatic N) is 1. The van der Waals surface area contributed by atoms with E-state index in [1.54, 1.807) is 25.2 Å². The van der Waals surface area contributed by atoms with Gasteiger partial charge in [-0.15, -0.1) is 0 Å². The van der Waals surface area contributed by atoms with Crippen LogP contribution in [0.15, 0.2) is 22.7 Å². The van der Waals surface area contributed by atoms with Gasteiger partial charge in [0.15, 0.2) is 6.61 Å². The molecule has 5 nitrogen and oxygen atoms in total. The quantitative estimate of drug-likeness (QED) is 0.839. The Morgan fingerprint density at radius 2 is 2.00 bits per heavy atom. The highest BCUT2D eigenvalue weighted by atomic mass is 79.9. The molecule has 0 heterocycles. The molecule has 0 unspecified atom stereocenters. The smallest absolute Gasteiger partial charge is 0.260 e. The highest BCUT2D eigenvalue weighted by Crippen LogP contribution is 2.27. The van der Waals surface area contributed by atoms with Crippen molar-refractivity contribution < 1.29 is 14.3 Å². The van der Waals surface area contributed by atoms with Gasteiger partial charge in [0, 0.05) is 17.6 Å². The molecule has 0 radical (unpaired) electrons. The number of benzene rings is 1. The maximum Gasteiger partial charge on any atom is 0.260 e. The number of amides is 2. The van der Waals surface area contributed by atoms with Crippen molar-refractivity contribution in [1.82, 2.24) is 10.2 Å². The summed E-state index contributed by atoms with van der Waals surface area (Å²) in [6.45, 7) is 5.48. The van der Waals surface area contributed by atoms with Crippen LogP contribution >= 0.6 is 27.5 Å². The number of hydrogen-bond donors (Lipinski definition) is 1. The van der Waals surface area contributed by atoms with E-state index in [0.717, 1.165) is 0 Å². The third-order valence-electron chi connectivity index (χ3n) is 2.57. The first kappa shape index (κ1) is 18.8. The number of carbonyl (C=O) groups excluding carboxylic acids is 2. The Kier molecular flexibility index (Phi) is 6.68. The molecule has 1 rings (SSSR count). The molecule has 7 heteroatoms. The van der Waals surface area contributed by atoms with Crippen LogP contribution in [0.5, 0.6) is 5.75 Å². The lowest BCUT2D eigenvalue weighted by Crippen LogP contribution is -2.47. The first-order valence-electron chi connectivity index (χ1n) is 6.71. The number of likely N-dealkylation sites (N-methyl/N-ethyl adjacent to an activating group) is 1. The van der Waals surface area contributed by atoms with Crippen LogP contribution in [0.2, 0.25) is 5.02 Å². The van der Waals surface area contributed by atoms with E-state index < -0.39 is 0 Å². The van der Waals surface area contributed by atoms with Gasteiger partial charge in [0.25, 0.3) is 5.91 Å². The van der Waals surface area contributed by atoms with E-state index in [2.05, 4.69) is 21.2 Å². The van der Waals surface area contributed by atoms with Gasteiger partial charge in [-0.05, 0) is 54.9 Å². The van der Waals surface area contributed by atoms with Gasteiger partial charge in [-0.1, -0.05) is 11.6 Å². The lowest BCUT2D eigenvalue weighted by Gasteiger charge is -2.23. The predicted molar refractivity (Wildman–Crippen MR) is 90.2 cm³/mol. The molecule has 0 saturated carbocycles. The van der Waals surface area contributed by atoms with Crippen LogP contribution in [0.25, 0.3) is 0 Å². The summed E-state index contributed by atoms with van der Waals surface area (Å²) in [4.78, 5) is 25.1. The summed E-state index contributed by atoms with van der Waals surface area (Å²) >= 11 is 9.14. The highest BCUT2D eigenvalue weighted by Gasteiger charge is 2.18. The summed E-state index contributed by atoms with van der Waals surface area (Å²) in [5, 5.41) is 3.37. The van der Waals surface area contributed by atoms with Gasteiger partial charge >= 0.3 is 0 Å². The molecule has 2 amide bonds. The second kappa shape index (κ2) is 7.83. The molecule has 122 valence electrons. The minimum Gasteiger partial charge on any atom is -0.483 e. The van der Waals surface area contributed by atoms with Crippen molar-refractivity contribution >= 4 is 39.3 Å². The summed E-state index contributed by atoms with van der Waals surface area (Å²) in [5.41, 5.74) is -0.328. The number of carbonyl (C=O) groups is 2. The second-order valence-corrected chi connectivity index (χ2v) is 7.20. The number of rotatable bonds is 5. The lowest BCUT2D eigenvalue weighted by atomic mass is 10.1. The summed E-state index contributed by atoms with van der Waals surface area (Å²) in [7, 11) is 1.56. The molecule has 0 bridgehead atoms. The molecular weight excluding hydrogens is 372 g/mol. The van der Waals surface area contributed by atoms with Gasteiger partial charge in [-0.25, -0.2) is 0 Å². The summed E-state index contributed by atoms with van der Waals surface area (Å²) in [5.74, 6) is 0.0206. The van der Waals surface area contributed by atoms with Crippen molar-refractivity contribution in [1.29, 1.82) is 0 Å². The van der Waals surface area contributed by atoms with Crippen LogP contribution in [0.4, 0.5) is 0 Å². The highest BCUT2D eigenvalue weighted by molar-refractivity contribution is 9.10. The molecule has 0 spiro atoms. The van der Waals surface area contributed by atoms with Crippen molar-refractivity contribution in [3.05, 3.63) is 27.7 Å². The molecule has 1 aromatic carbocycles. The molecule has 0 aliphatic heterocycles. The van der Waals surface area contributed by atoms with E-state index in [-0.39, 0.29) is 30.5 Å². The van der Waals surface area contributed by atoms with Crippen LogP contribution in [0.1, 0.15) is 20.8 Å². The zero-order valence-electron chi connectivity index (χ0n) is 13.1. The Morgan fingerprint density at radius 1 is 1.36 bits per heavy atom. The molecule has 0 saturated heterocycles. The number of nitrogens with one attached hydrogen (secondary N) is 1. The largest absolute Gasteiger partial charge is 0.483 e. The summed E-state index contributed by atoms with van der Waals surface area (Å²) in [6, 6.07) is 5.03.